The van der Waals surface area contributed by atoms with Crippen LogP contribution in [0, 0.1) is 28.6 Å². The van der Waals surface area contributed by atoms with Gasteiger partial charge in [0.15, 0.2) is 0 Å². The summed E-state index contributed by atoms with van der Waals surface area (Å²) in [5.41, 5.74) is 0. The van der Waals surface area contributed by atoms with Gasteiger partial charge in [-0.1, -0.05) is 13.8 Å². The highest BCUT2D eigenvalue weighted by Crippen LogP contribution is 2.48. The van der Waals surface area contributed by atoms with Crippen molar-refractivity contribution < 1.29 is 4.11 Å². The smallest absolute Gasteiger partial charge is 0.262 e. The van der Waals surface area contributed by atoms with Gasteiger partial charge in [-0.25, -0.2) is 0 Å². The van der Waals surface area contributed by atoms with Crippen LogP contribution >= 0.6 is 0 Å². The van der Waals surface area contributed by atoms with E-state index in [1.807, 2.05) is 12.1 Å². The fourth-order valence-corrected chi connectivity index (χ4v) is 3.67. The first-order chi connectivity index (χ1) is 5.81. The first-order valence-corrected chi connectivity index (χ1v) is 7.16. The monoisotopic (exact) mass is 198 g/mol. The van der Waals surface area contributed by atoms with E-state index in [0.29, 0.717) is 0 Å². The van der Waals surface area contributed by atoms with Crippen molar-refractivity contribution in [3.63, 3.8) is 0 Å². The molecule has 0 fully saturated rings. The van der Waals surface area contributed by atoms with E-state index >= 15 is 0 Å². The minimum Gasteiger partial charge on any atom is -0.313 e. The van der Waals surface area contributed by atoms with Crippen LogP contribution in [0.5, 0.6) is 0 Å². The number of nitrogens with zero attached hydrogens (tertiary/aromatic N) is 2. The molecule has 1 unspecified atom stereocenters. The van der Waals surface area contributed by atoms with Crippen molar-refractivity contribution in [2.75, 3.05) is 0 Å². The minimum absolute atomic E-state index is 0.00309. The van der Waals surface area contributed by atoms with E-state index in [-0.39, 0.29) is 12.3 Å². The Balaban J connectivity index is 5.17. The van der Waals surface area contributed by atoms with Gasteiger partial charge in [0.1, 0.15) is 0 Å². The van der Waals surface area contributed by atoms with Gasteiger partial charge >= 0.3 is 0 Å². The van der Waals surface area contributed by atoms with Crippen molar-refractivity contribution in [2.24, 2.45) is 5.92 Å². The van der Waals surface area contributed by atoms with Crippen LogP contribution < -0.4 is 0 Å². The second-order valence-electron chi connectivity index (χ2n) is 4.05. The normalized spacial score (nSPS) is 16.0. The van der Waals surface area contributed by atoms with Crippen LogP contribution in [-0.4, -0.2) is 8.41 Å². The van der Waals surface area contributed by atoms with Crippen molar-refractivity contribution in [1.29, 1.82) is 10.5 Å². The molecule has 0 N–H and O–H groups in total. The van der Waals surface area contributed by atoms with Gasteiger partial charge in [-0.2, -0.15) is 10.5 Å². The van der Waals surface area contributed by atoms with Crippen LogP contribution in [0.3, 0.4) is 0 Å². The van der Waals surface area contributed by atoms with E-state index in [4.69, 9.17) is 10.5 Å². The maximum absolute atomic E-state index is 13.9. The van der Waals surface area contributed by atoms with Crippen LogP contribution in [0.25, 0.3) is 0 Å². The Morgan fingerprint density at radius 1 is 1.38 bits per heavy atom. The molecule has 0 aromatic rings. The fraction of sp³-hybridized carbons (Fsp3) is 0.778. The van der Waals surface area contributed by atoms with E-state index in [1.165, 1.54) is 13.1 Å². The zero-order valence-electron chi connectivity index (χ0n) is 8.56. The van der Waals surface area contributed by atoms with E-state index in [0.717, 1.165) is 0 Å². The molecule has 0 aliphatic heterocycles. The zero-order valence-corrected chi connectivity index (χ0v) is 9.56. The summed E-state index contributed by atoms with van der Waals surface area (Å²) in [6, 6.07) is 3.94. The molecule has 0 aliphatic carbocycles. The van der Waals surface area contributed by atoms with Gasteiger partial charge in [0.25, 0.3) is 8.41 Å². The third kappa shape index (κ3) is 2.08. The van der Waals surface area contributed by atoms with Crippen LogP contribution in [0.2, 0.25) is 18.1 Å². The second kappa shape index (κ2) is 3.89. The molecule has 0 aromatic carbocycles. The van der Waals surface area contributed by atoms with Gasteiger partial charge in [-0.05, 0) is 19.0 Å². The Morgan fingerprint density at radius 3 is 1.92 bits per heavy atom. The lowest BCUT2D eigenvalue weighted by Gasteiger charge is -2.35. The Kier molecular flexibility index (Phi) is 3.63. The van der Waals surface area contributed by atoms with E-state index in [2.05, 4.69) is 0 Å². The number of hydrogen-bond donors (Lipinski definition) is 0. The molecular weight excluding hydrogens is 183 g/mol. The highest BCUT2D eigenvalue weighted by molar-refractivity contribution is 6.74. The molecule has 0 saturated heterocycles. The lowest BCUT2D eigenvalue weighted by molar-refractivity contribution is 0.456. The zero-order chi connectivity index (χ0) is 10.7. The lowest BCUT2D eigenvalue weighted by atomic mass is 9.93. The predicted octanol–water partition coefficient (Wildman–Crippen LogP) is 2.99. The summed E-state index contributed by atoms with van der Waals surface area (Å²) in [5.74, 6) is -0.108. The SMILES string of the molecule is CC(C)C(C#N)(CC#N)[Si](C)(C)F. The Morgan fingerprint density at radius 2 is 1.85 bits per heavy atom. The molecule has 1 atom stereocenters. The van der Waals surface area contributed by atoms with Crippen LogP contribution in [0.4, 0.5) is 4.11 Å². The van der Waals surface area contributed by atoms with Crippen molar-refractivity contribution in [1.82, 2.24) is 0 Å². The summed E-state index contributed by atoms with van der Waals surface area (Å²) in [5, 5.41) is 16.6. The molecule has 0 saturated carbocycles. The number of nitriles is 2. The highest BCUT2D eigenvalue weighted by Gasteiger charge is 2.51. The Bertz CT molecular complexity index is 256. The van der Waals surface area contributed by atoms with E-state index < -0.39 is 13.4 Å². The summed E-state index contributed by atoms with van der Waals surface area (Å²) in [6.45, 7) is 6.59. The summed E-state index contributed by atoms with van der Waals surface area (Å²) in [6.07, 6.45) is -0.00309. The Labute approximate surface area is 80.2 Å². The van der Waals surface area contributed by atoms with Crippen molar-refractivity contribution in [2.45, 2.75) is 38.4 Å². The van der Waals surface area contributed by atoms with Crippen LogP contribution in [0.1, 0.15) is 20.3 Å². The van der Waals surface area contributed by atoms with Crippen LogP contribution in [-0.2, 0) is 0 Å². The molecule has 0 bridgehead atoms. The molecule has 0 amide bonds. The Hall–Kier alpha value is -0.873. The summed E-state index contributed by atoms with van der Waals surface area (Å²) >= 11 is 0. The first kappa shape index (κ1) is 12.1. The average molecular weight is 198 g/mol. The molecule has 0 rings (SSSR count). The van der Waals surface area contributed by atoms with Gasteiger partial charge in [-0.15, -0.1) is 0 Å². The third-order valence-electron chi connectivity index (χ3n) is 2.60. The molecule has 13 heavy (non-hydrogen) atoms. The highest BCUT2D eigenvalue weighted by atomic mass is 28.4. The van der Waals surface area contributed by atoms with Crippen molar-refractivity contribution in [3.8, 4) is 12.1 Å². The summed E-state index contributed by atoms with van der Waals surface area (Å²) in [4.78, 5) is 0. The number of hydrogen-bond acceptors (Lipinski definition) is 2. The molecule has 0 spiro atoms. The van der Waals surface area contributed by atoms with E-state index in [9.17, 15) is 4.11 Å². The third-order valence-corrected chi connectivity index (χ3v) is 5.59. The molecule has 0 radical (unpaired) electrons. The number of halogens is 1. The molecule has 0 aromatic heterocycles. The van der Waals surface area contributed by atoms with Gasteiger partial charge in [0, 0.05) is 0 Å². The number of rotatable bonds is 3. The second-order valence-corrected chi connectivity index (χ2v) is 7.88. The van der Waals surface area contributed by atoms with E-state index in [1.54, 1.807) is 13.8 Å². The first-order valence-electron chi connectivity index (χ1n) is 4.29. The van der Waals surface area contributed by atoms with Gasteiger partial charge < -0.3 is 4.11 Å². The molecule has 0 heterocycles. The van der Waals surface area contributed by atoms with Crippen molar-refractivity contribution >= 4 is 8.41 Å². The van der Waals surface area contributed by atoms with Crippen molar-refractivity contribution in [3.05, 3.63) is 0 Å². The minimum atomic E-state index is -3.10. The molecule has 72 valence electrons. The van der Waals surface area contributed by atoms with Gasteiger partial charge in [0.2, 0.25) is 0 Å². The molecule has 4 heteroatoms. The lowest BCUT2D eigenvalue weighted by Crippen LogP contribution is -2.41. The predicted molar refractivity (Wildman–Crippen MR) is 52.0 cm³/mol. The summed E-state index contributed by atoms with van der Waals surface area (Å²) in [7, 11) is -3.10. The van der Waals surface area contributed by atoms with Crippen LogP contribution in [0.15, 0.2) is 0 Å². The quantitative estimate of drug-likeness (QED) is 0.517. The topological polar surface area (TPSA) is 47.6 Å². The largest absolute Gasteiger partial charge is 0.313 e. The van der Waals surface area contributed by atoms with Gasteiger partial charge in [-0.3, -0.25) is 0 Å². The molecule has 0 aliphatic rings. The average Bonchev–Trinajstić information content (AvgIpc) is 1.96. The molecular formula is C9H15FN2Si. The fourth-order valence-electron chi connectivity index (χ4n) is 1.53. The maximum Gasteiger partial charge on any atom is 0.262 e. The molecule has 2 nitrogen and oxygen atoms in total. The standard InChI is InChI=1S/C9H15FN2Si/c1-8(2)9(7-12,5-6-11)13(3,4)10/h8H,5H2,1-4H3. The van der Waals surface area contributed by atoms with Gasteiger partial charge in [0.05, 0.1) is 23.6 Å². The summed E-state index contributed by atoms with van der Waals surface area (Å²) < 4.78 is 13.9. The maximum atomic E-state index is 13.9.